The van der Waals surface area contributed by atoms with E-state index in [9.17, 15) is 0 Å². The van der Waals surface area contributed by atoms with Crippen molar-refractivity contribution >= 4 is 18.5 Å². The van der Waals surface area contributed by atoms with Crippen LogP contribution in [0.3, 0.4) is 0 Å². The fourth-order valence-electron chi connectivity index (χ4n) is 4.97. The van der Waals surface area contributed by atoms with Crippen LogP contribution in [0.2, 0.25) is 0 Å². The highest BCUT2D eigenvalue weighted by molar-refractivity contribution is 7.73. The first kappa shape index (κ1) is 30.1. The minimum absolute atomic E-state index is 0.230. The Morgan fingerprint density at radius 2 is 0.829 bits per heavy atom. The SMILES string of the molecule is CCCCCCCCN(CCCCCCCC)CCCCCP(c1ccccc1)c1ccccc1. The van der Waals surface area contributed by atoms with Gasteiger partial charge in [-0.25, -0.2) is 0 Å². The molecule has 0 bridgehead atoms. The summed E-state index contributed by atoms with van der Waals surface area (Å²) in [4.78, 5) is 2.80. The molecule has 0 aliphatic heterocycles. The summed E-state index contributed by atoms with van der Waals surface area (Å²) in [5, 5.41) is 3.06. The quantitative estimate of drug-likeness (QED) is 0.116. The second kappa shape index (κ2) is 21.0. The molecule has 35 heavy (non-hydrogen) atoms. The molecule has 0 fully saturated rings. The lowest BCUT2D eigenvalue weighted by atomic mass is 10.1. The van der Waals surface area contributed by atoms with E-state index >= 15 is 0 Å². The van der Waals surface area contributed by atoms with Crippen LogP contribution in [0.1, 0.15) is 110 Å². The van der Waals surface area contributed by atoms with E-state index in [-0.39, 0.29) is 7.92 Å². The van der Waals surface area contributed by atoms with Gasteiger partial charge >= 0.3 is 0 Å². The van der Waals surface area contributed by atoms with Gasteiger partial charge in [0.2, 0.25) is 0 Å². The molecule has 0 aliphatic rings. The second-order valence-electron chi connectivity index (χ2n) is 10.3. The summed E-state index contributed by atoms with van der Waals surface area (Å²) in [5.74, 6) is 0. The molecule has 0 radical (unpaired) electrons. The second-order valence-corrected chi connectivity index (χ2v) is 12.6. The molecule has 0 atom stereocenters. The Kier molecular flexibility index (Phi) is 18.0. The van der Waals surface area contributed by atoms with Crippen molar-refractivity contribution in [2.75, 3.05) is 25.8 Å². The fourth-order valence-corrected chi connectivity index (χ4v) is 7.39. The average molecular weight is 496 g/mol. The lowest BCUT2D eigenvalue weighted by molar-refractivity contribution is 0.255. The number of hydrogen-bond donors (Lipinski definition) is 0. The van der Waals surface area contributed by atoms with Crippen LogP contribution in [0.4, 0.5) is 0 Å². The van der Waals surface area contributed by atoms with E-state index in [1.54, 1.807) is 0 Å². The highest BCUT2D eigenvalue weighted by atomic mass is 31.1. The van der Waals surface area contributed by atoms with E-state index in [1.165, 1.54) is 133 Å². The number of benzene rings is 2. The van der Waals surface area contributed by atoms with E-state index in [0.717, 1.165) is 0 Å². The molecule has 0 aliphatic carbocycles. The molecule has 0 N–H and O–H groups in total. The van der Waals surface area contributed by atoms with Crippen molar-refractivity contribution < 1.29 is 0 Å². The number of nitrogens with zero attached hydrogens (tertiary/aromatic N) is 1. The molecule has 0 saturated carbocycles. The summed E-state index contributed by atoms with van der Waals surface area (Å²) < 4.78 is 0. The molecule has 0 aromatic heterocycles. The van der Waals surface area contributed by atoms with Gasteiger partial charge in [0.1, 0.15) is 0 Å². The van der Waals surface area contributed by atoms with Crippen molar-refractivity contribution in [2.45, 2.75) is 110 Å². The summed E-state index contributed by atoms with van der Waals surface area (Å²) >= 11 is 0. The summed E-state index contributed by atoms with van der Waals surface area (Å²) in [7, 11) is -0.230. The topological polar surface area (TPSA) is 3.24 Å². The van der Waals surface area contributed by atoms with Gasteiger partial charge in [0.15, 0.2) is 0 Å². The minimum atomic E-state index is -0.230. The monoisotopic (exact) mass is 495 g/mol. The van der Waals surface area contributed by atoms with Gasteiger partial charge in [-0.15, -0.1) is 0 Å². The predicted octanol–water partition coefficient (Wildman–Crippen LogP) is 9.31. The Morgan fingerprint density at radius 1 is 0.457 bits per heavy atom. The van der Waals surface area contributed by atoms with Gasteiger partial charge in [0.05, 0.1) is 0 Å². The largest absolute Gasteiger partial charge is 0.303 e. The lowest BCUT2D eigenvalue weighted by Crippen LogP contribution is -2.27. The molecule has 0 amide bonds. The van der Waals surface area contributed by atoms with Gasteiger partial charge in [-0.1, -0.05) is 145 Å². The van der Waals surface area contributed by atoms with E-state index in [0.29, 0.717) is 0 Å². The molecule has 2 rings (SSSR count). The third-order valence-corrected chi connectivity index (χ3v) is 9.75. The zero-order valence-electron chi connectivity index (χ0n) is 23.1. The standard InChI is InChI=1S/C33H54NP/c1-3-5-7-9-11-20-28-34(29-21-12-10-8-6-4-2)30-22-15-23-31-35(32-24-16-13-17-25-32)33-26-18-14-19-27-33/h13-14,16-19,24-27H,3-12,15,20-23,28-31H2,1-2H3. The Balaban J connectivity index is 1.73. The Morgan fingerprint density at radius 3 is 1.26 bits per heavy atom. The fraction of sp³-hybridized carbons (Fsp3) is 0.636. The number of unbranched alkanes of at least 4 members (excludes halogenated alkanes) is 12. The van der Waals surface area contributed by atoms with Crippen molar-refractivity contribution in [1.82, 2.24) is 4.90 Å². The van der Waals surface area contributed by atoms with E-state index in [1.807, 2.05) is 0 Å². The van der Waals surface area contributed by atoms with Crippen LogP contribution in [0, 0.1) is 0 Å². The summed E-state index contributed by atoms with van der Waals surface area (Å²) in [6.07, 6.45) is 22.3. The van der Waals surface area contributed by atoms with Crippen molar-refractivity contribution in [3.63, 3.8) is 0 Å². The predicted molar refractivity (Wildman–Crippen MR) is 161 cm³/mol. The summed E-state index contributed by atoms with van der Waals surface area (Å²) in [6, 6.07) is 22.4. The maximum absolute atomic E-state index is 2.80. The first-order valence-corrected chi connectivity index (χ1v) is 16.5. The maximum Gasteiger partial charge on any atom is -0.00187 e. The molecule has 0 saturated heterocycles. The lowest BCUT2D eigenvalue weighted by Gasteiger charge is -2.23. The maximum atomic E-state index is 2.80. The van der Waals surface area contributed by atoms with E-state index in [2.05, 4.69) is 79.4 Å². The van der Waals surface area contributed by atoms with Gasteiger partial charge in [-0.3, -0.25) is 0 Å². The summed E-state index contributed by atoms with van der Waals surface area (Å²) in [5.41, 5.74) is 0. The molecular weight excluding hydrogens is 441 g/mol. The van der Waals surface area contributed by atoms with Crippen LogP contribution in [0.5, 0.6) is 0 Å². The smallest absolute Gasteiger partial charge is 0.00187 e. The van der Waals surface area contributed by atoms with Gasteiger partial charge in [-0.2, -0.15) is 0 Å². The highest BCUT2D eigenvalue weighted by Gasteiger charge is 2.13. The van der Waals surface area contributed by atoms with Gasteiger partial charge in [0, 0.05) is 0 Å². The van der Waals surface area contributed by atoms with Crippen molar-refractivity contribution in [2.24, 2.45) is 0 Å². The van der Waals surface area contributed by atoms with Crippen LogP contribution < -0.4 is 10.6 Å². The average Bonchev–Trinajstić information content (AvgIpc) is 2.90. The van der Waals surface area contributed by atoms with Crippen molar-refractivity contribution in [3.05, 3.63) is 60.7 Å². The van der Waals surface area contributed by atoms with Gasteiger partial charge in [-0.05, 0) is 70.0 Å². The molecule has 196 valence electrons. The minimum Gasteiger partial charge on any atom is -0.303 e. The van der Waals surface area contributed by atoms with Crippen molar-refractivity contribution in [3.8, 4) is 0 Å². The third-order valence-electron chi connectivity index (χ3n) is 7.15. The summed E-state index contributed by atoms with van der Waals surface area (Å²) in [6.45, 7) is 8.57. The zero-order valence-corrected chi connectivity index (χ0v) is 24.0. The third kappa shape index (κ3) is 14.2. The number of rotatable bonds is 22. The first-order valence-electron chi connectivity index (χ1n) is 14.9. The Bertz CT molecular complexity index is 646. The molecule has 2 heteroatoms. The molecular formula is C33H54NP. The molecule has 0 heterocycles. The van der Waals surface area contributed by atoms with Crippen LogP contribution in [0.25, 0.3) is 0 Å². The molecule has 2 aromatic carbocycles. The molecule has 0 unspecified atom stereocenters. The van der Waals surface area contributed by atoms with Gasteiger partial charge in [0.25, 0.3) is 0 Å². The van der Waals surface area contributed by atoms with Crippen LogP contribution in [0.15, 0.2) is 60.7 Å². The molecule has 1 nitrogen and oxygen atoms in total. The molecule has 2 aromatic rings. The Hall–Kier alpha value is -1.17. The normalized spacial score (nSPS) is 11.5. The molecule has 0 spiro atoms. The van der Waals surface area contributed by atoms with Crippen LogP contribution in [-0.2, 0) is 0 Å². The van der Waals surface area contributed by atoms with Crippen LogP contribution in [-0.4, -0.2) is 30.7 Å². The van der Waals surface area contributed by atoms with E-state index in [4.69, 9.17) is 0 Å². The van der Waals surface area contributed by atoms with Crippen molar-refractivity contribution in [1.29, 1.82) is 0 Å². The van der Waals surface area contributed by atoms with E-state index < -0.39 is 0 Å². The van der Waals surface area contributed by atoms with Crippen LogP contribution >= 0.6 is 7.92 Å². The Labute approximate surface area is 219 Å². The zero-order chi connectivity index (χ0) is 24.8. The highest BCUT2D eigenvalue weighted by Crippen LogP contribution is 2.34. The van der Waals surface area contributed by atoms with Gasteiger partial charge < -0.3 is 4.90 Å². The first-order chi connectivity index (χ1) is 17.3. The number of hydrogen-bond acceptors (Lipinski definition) is 1.